The average Bonchev–Trinajstić information content (AvgIpc) is 2.15. The molecule has 0 heterocycles. The van der Waals surface area contributed by atoms with Crippen LogP contribution in [-0.2, 0) is 4.79 Å². The van der Waals surface area contributed by atoms with Gasteiger partial charge in [-0.1, -0.05) is 12.1 Å². The third-order valence-electron chi connectivity index (χ3n) is 1.64. The third kappa shape index (κ3) is 3.00. The second kappa shape index (κ2) is 4.57. The Morgan fingerprint density at radius 3 is 2.38 bits per heavy atom. The van der Waals surface area contributed by atoms with E-state index < -0.39 is 22.7 Å². The molecule has 6 heteroatoms. The maximum Gasteiger partial charge on any atom is 0.385 e. The molecule has 0 atom stereocenters. The van der Waals surface area contributed by atoms with Crippen molar-refractivity contribution in [3.63, 3.8) is 0 Å². The number of esters is 1. The second-order valence-corrected chi connectivity index (χ2v) is 3.39. The molecule has 0 aliphatic heterocycles. The van der Waals surface area contributed by atoms with Crippen molar-refractivity contribution in [3.8, 4) is 5.75 Å². The normalized spacial score (nSPS) is 11.0. The van der Waals surface area contributed by atoms with Crippen LogP contribution in [0, 0.1) is 0 Å². The van der Waals surface area contributed by atoms with Crippen LogP contribution in [0.5, 0.6) is 5.75 Å². The lowest BCUT2D eigenvalue weighted by Gasteiger charge is -2.10. The van der Waals surface area contributed by atoms with Crippen molar-refractivity contribution in [2.24, 2.45) is 0 Å². The number of carbonyl (C=O) groups excluding carboxylic acids is 2. The quantitative estimate of drug-likeness (QED) is 0.357. The van der Waals surface area contributed by atoms with Crippen LogP contribution in [0.25, 0.3) is 0 Å². The van der Waals surface area contributed by atoms with Gasteiger partial charge in [-0.25, -0.2) is 0 Å². The first-order chi connectivity index (χ1) is 7.32. The van der Waals surface area contributed by atoms with Crippen molar-refractivity contribution in [2.45, 2.75) is 12.3 Å². The Hall–Kier alpha value is -1.49. The van der Waals surface area contributed by atoms with Gasteiger partial charge >= 0.3 is 11.4 Å². The third-order valence-corrected chi connectivity index (χ3v) is 1.81. The first-order valence-corrected chi connectivity index (χ1v) is 4.59. The number of ether oxygens (including phenoxy) is 1. The van der Waals surface area contributed by atoms with Crippen LogP contribution in [0.3, 0.4) is 0 Å². The van der Waals surface area contributed by atoms with Crippen LogP contribution >= 0.6 is 11.6 Å². The standard InChI is InChI=1S/C10H7ClF2O3/c1-6(14)16-8-5-3-2-4-7(8)9(15)10(11,12)13/h2-5H,1H3. The maximum absolute atomic E-state index is 12.6. The predicted octanol–water partition coefficient (Wildman–Crippen LogP) is 2.63. The van der Waals surface area contributed by atoms with E-state index in [4.69, 9.17) is 0 Å². The minimum atomic E-state index is -4.02. The lowest BCUT2D eigenvalue weighted by molar-refractivity contribution is -0.131. The average molecular weight is 249 g/mol. The molecule has 1 aromatic rings. The number of benzene rings is 1. The Morgan fingerprint density at radius 1 is 1.31 bits per heavy atom. The summed E-state index contributed by atoms with van der Waals surface area (Å²) in [6.07, 6.45) is 0. The Morgan fingerprint density at radius 2 is 1.88 bits per heavy atom. The number of Topliss-reactive ketones (excluding diaryl/α,β-unsaturated/α-hetero) is 1. The molecule has 0 aromatic heterocycles. The van der Waals surface area contributed by atoms with Crippen molar-refractivity contribution < 1.29 is 23.1 Å². The fourth-order valence-corrected chi connectivity index (χ4v) is 1.15. The van der Waals surface area contributed by atoms with Crippen LogP contribution in [0.2, 0.25) is 0 Å². The summed E-state index contributed by atoms with van der Waals surface area (Å²) in [4.78, 5) is 21.9. The highest BCUT2D eigenvalue weighted by atomic mass is 35.5. The molecular weight excluding hydrogens is 242 g/mol. The molecule has 1 aromatic carbocycles. The molecule has 1 rings (SSSR count). The Kier molecular flexibility index (Phi) is 3.59. The molecule has 3 nitrogen and oxygen atoms in total. The van der Waals surface area contributed by atoms with Gasteiger partial charge in [0.2, 0.25) is 0 Å². The van der Waals surface area contributed by atoms with E-state index in [-0.39, 0.29) is 5.75 Å². The summed E-state index contributed by atoms with van der Waals surface area (Å²) in [6, 6.07) is 5.15. The van der Waals surface area contributed by atoms with Gasteiger partial charge in [0.15, 0.2) is 0 Å². The molecule has 0 bridgehead atoms. The molecule has 0 N–H and O–H groups in total. The molecule has 0 aliphatic carbocycles. The number of carbonyl (C=O) groups is 2. The molecule has 16 heavy (non-hydrogen) atoms. The number of alkyl halides is 3. The van der Waals surface area contributed by atoms with E-state index in [1.54, 1.807) is 0 Å². The monoisotopic (exact) mass is 248 g/mol. The topological polar surface area (TPSA) is 43.4 Å². The number of ketones is 1. The summed E-state index contributed by atoms with van der Waals surface area (Å²) in [5.41, 5.74) is -0.433. The molecule has 0 saturated carbocycles. The van der Waals surface area contributed by atoms with E-state index in [1.807, 2.05) is 0 Å². The van der Waals surface area contributed by atoms with Crippen molar-refractivity contribution in [2.75, 3.05) is 0 Å². The molecule has 0 radical (unpaired) electrons. The summed E-state index contributed by atoms with van der Waals surface area (Å²) in [7, 11) is 0. The number of hydrogen-bond acceptors (Lipinski definition) is 3. The van der Waals surface area contributed by atoms with Gasteiger partial charge in [0.05, 0.1) is 5.56 Å². The van der Waals surface area contributed by atoms with Gasteiger partial charge in [0.1, 0.15) is 5.75 Å². The first-order valence-electron chi connectivity index (χ1n) is 4.21. The van der Waals surface area contributed by atoms with E-state index in [0.717, 1.165) is 13.0 Å². The van der Waals surface area contributed by atoms with Crippen LogP contribution in [0.15, 0.2) is 24.3 Å². The van der Waals surface area contributed by atoms with E-state index in [1.165, 1.54) is 18.2 Å². The van der Waals surface area contributed by atoms with Crippen LogP contribution in [0.4, 0.5) is 8.78 Å². The summed E-state index contributed by atoms with van der Waals surface area (Å²) >= 11 is 4.60. The molecule has 0 unspecified atom stereocenters. The summed E-state index contributed by atoms with van der Waals surface area (Å²) in [5, 5.41) is -4.02. The first kappa shape index (κ1) is 12.6. The van der Waals surface area contributed by atoms with Crippen molar-refractivity contribution in [1.82, 2.24) is 0 Å². The highest BCUT2D eigenvalue weighted by Crippen LogP contribution is 2.29. The summed E-state index contributed by atoms with van der Waals surface area (Å²) in [5.74, 6) is -2.55. The second-order valence-electron chi connectivity index (χ2n) is 2.92. The van der Waals surface area contributed by atoms with Gasteiger partial charge in [-0.15, -0.1) is 0 Å². The number of hydrogen-bond donors (Lipinski definition) is 0. The minimum Gasteiger partial charge on any atom is -0.426 e. The zero-order valence-corrected chi connectivity index (χ0v) is 8.92. The molecule has 86 valence electrons. The van der Waals surface area contributed by atoms with Crippen molar-refractivity contribution >= 4 is 23.4 Å². The molecule has 0 fully saturated rings. The Balaban J connectivity index is 3.13. The van der Waals surface area contributed by atoms with E-state index in [2.05, 4.69) is 16.3 Å². The van der Waals surface area contributed by atoms with Gasteiger partial charge < -0.3 is 4.74 Å². The lowest BCUT2D eigenvalue weighted by atomic mass is 10.1. The van der Waals surface area contributed by atoms with Gasteiger partial charge in [-0.3, -0.25) is 9.59 Å². The molecule has 0 amide bonds. The largest absolute Gasteiger partial charge is 0.426 e. The Labute approximate surface area is 95.0 Å². The van der Waals surface area contributed by atoms with Crippen LogP contribution < -0.4 is 4.74 Å². The minimum absolute atomic E-state index is 0.236. The molecule has 0 saturated heterocycles. The highest BCUT2D eigenvalue weighted by molar-refractivity contribution is 6.35. The fourth-order valence-electron chi connectivity index (χ4n) is 1.05. The zero-order valence-electron chi connectivity index (χ0n) is 8.17. The van der Waals surface area contributed by atoms with Gasteiger partial charge in [0, 0.05) is 6.92 Å². The smallest absolute Gasteiger partial charge is 0.385 e. The van der Waals surface area contributed by atoms with Crippen LogP contribution in [-0.4, -0.2) is 17.1 Å². The zero-order chi connectivity index (χ0) is 12.3. The predicted molar refractivity (Wildman–Crippen MR) is 52.9 cm³/mol. The molecular formula is C10H7ClF2O3. The molecule has 0 aliphatic rings. The summed E-state index contributed by atoms with van der Waals surface area (Å²) in [6.45, 7) is 1.10. The maximum atomic E-state index is 12.6. The van der Waals surface area contributed by atoms with E-state index in [0.29, 0.717) is 0 Å². The van der Waals surface area contributed by atoms with Gasteiger partial charge in [0.25, 0.3) is 5.78 Å². The van der Waals surface area contributed by atoms with Gasteiger partial charge in [-0.05, 0) is 23.7 Å². The molecule has 0 spiro atoms. The van der Waals surface area contributed by atoms with E-state index >= 15 is 0 Å². The Bertz CT molecular complexity index is 426. The lowest BCUT2D eigenvalue weighted by Crippen LogP contribution is -2.22. The SMILES string of the molecule is CC(=O)Oc1ccccc1C(=O)C(F)(F)Cl. The highest BCUT2D eigenvalue weighted by Gasteiger charge is 2.38. The number of halogens is 3. The van der Waals surface area contributed by atoms with Crippen molar-refractivity contribution in [1.29, 1.82) is 0 Å². The van der Waals surface area contributed by atoms with Crippen LogP contribution in [0.1, 0.15) is 17.3 Å². The number of rotatable bonds is 3. The van der Waals surface area contributed by atoms with Gasteiger partial charge in [-0.2, -0.15) is 8.78 Å². The summed E-state index contributed by atoms with van der Waals surface area (Å²) < 4.78 is 29.8. The fraction of sp³-hybridized carbons (Fsp3) is 0.200. The van der Waals surface area contributed by atoms with E-state index in [9.17, 15) is 18.4 Å². The van der Waals surface area contributed by atoms with Crippen molar-refractivity contribution in [3.05, 3.63) is 29.8 Å². The number of para-hydroxylation sites is 1.